The number of hydrogen-bond donors (Lipinski definition) is 2. The number of H-pyrrole nitrogens is 1. The lowest BCUT2D eigenvalue weighted by molar-refractivity contribution is 0.0690. The van der Waals surface area contributed by atoms with Gasteiger partial charge in [-0.2, -0.15) is 5.10 Å². The van der Waals surface area contributed by atoms with Crippen molar-refractivity contribution in [3.05, 3.63) is 34.5 Å². The van der Waals surface area contributed by atoms with Crippen molar-refractivity contribution in [2.24, 2.45) is 0 Å². The highest BCUT2D eigenvalue weighted by Gasteiger charge is 2.27. The Hall–Kier alpha value is -2.01. The summed E-state index contributed by atoms with van der Waals surface area (Å²) >= 11 is 6.25. The molecule has 20 heavy (non-hydrogen) atoms. The molecule has 0 unspecified atom stereocenters. The maximum atomic E-state index is 10.9. The van der Waals surface area contributed by atoms with Crippen LogP contribution in [0.5, 0.6) is 5.75 Å². The summed E-state index contributed by atoms with van der Waals surface area (Å²) in [4.78, 5) is 10.9. The fourth-order valence-electron chi connectivity index (χ4n) is 1.96. The second-order valence-electron chi connectivity index (χ2n) is 4.91. The van der Waals surface area contributed by atoms with E-state index in [9.17, 15) is 4.79 Å². The number of aryl methyl sites for hydroxylation is 1. The molecule has 1 aliphatic carbocycles. The summed E-state index contributed by atoms with van der Waals surface area (Å²) in [6.45, 7) is 1.92. The van der Waals surface area contributed by atoms with Crippen LogP contribution in [0.2, 0.25) is 5.02 Å². The van der Waals surface area contributed by atoms with Gasteiger partial charge in [-0.25, -0.2) is 4.79 Å². The van der Waals surface area contributed by atoms with Crippen LogP contribution in [0.3, 0.4) is 0 Å². The van der Waals surface area contributed by atoms with Crippen molar-refractivity contribution in [2.45, 2.75) is 25.9 Å². The number of aromatic carboxylic acids is 1. The Bertz CT molecular complexity index is 677. The molecule has 1 aliphatic rings. The Morgan fingerprint density at radius 2 is 2.20 bits per heavy atom. The zero-order valence-electron chi connectivity index (χ0n) is 10.8. The monoisotopic (exact) mass is 292 g/mol. The molecule has 1 heterocycles. The maximum absolute atomic E-state index is 10.9. The second kappa shape index (κ2) is 4.83. The van der Waals surface area contributed by atoms with Crippen molar-refractivity contribution in [2.75, 3.05) is 0 Å². The highest BCUT2D eigenvalue weighted by atomic mass is 35.5. The second-order valence-corrected chi connectivity index (χ2v) is 5.32. The van der Waals surface area contributed by atoms with Gasteiger partial charge in [0.2, 0.25) is 0 Å². The molecule has 1 fully saturated rings. The number of benzene rings is 1. The van der Waals surface area contributed by atoms with Gasteiger partial charge in [-0.3, -0.25) is 5.10 Å². The molecule has 2 N–H and O–H groups in total. The number of aromatic amines is 1. The van der Waals surface area contributed by atoms with Gasteiger partial charge in [-0.05, 0) is 43.5 Å². The van der Waals surface area contributed by atoms with Crippen LogP contribution in [0.25, 0.3) is 11.3 Å². The summed E-state index contributed by atoms with van der Waals surface area (Å²) in [6, 6.07) is 5.20. The van der Waals surface area contributed by atoms with E-state index in [-0.39, 0.29) is 11.8 Å². The predicted octanol–water partition coefficient (Wildman–Crippen LogP) is 3.28. The van der Waals surface area contributed by atoms with Crippen LogP contribution >= 0.6 is 11.6 Å². The Balaban J connectivity index is 2.07. The molecule has 1 aromatic carbocycles. The van der Waals surface area contributed by atoms with Crippen molar-refractivity contribution in [1.82, 2.24) is 10.2 Å². The summed E-state index contributed by atoms with van der Waals surface area (Å²) in [5.41, 5.74) is 2.23. The third kappa shape index (κ3) is 2.49. The molecule has 0 aliphatic heterocycles. The zero-order valence-corrected chi connectivity index (χ0v) is 11.6. The molecule has 0 spiro atoms. The Labute approximate surface area is 120 Å². The third-order valence-corrected chi connectivity index (χ3v) is 3.36. The van der Waals surface area contributed by atoms with E-state index in [4.69, 9.17) is 21.4 Å². The van der Waals surface area contributed by atoms with Gasteiger partial charge in [0.15, 0.2) is 0 Å². The Morgan fingerprint density at radius 1 is 1.45 bits per heavy atom. The Morgan fingerprint density at radius 3 is 2.80 bits per heavy atom. The molecular formula is C14H13ClN2O3. The van der Waals surface area contributed by atoms with Crippen molar-refractivity contribution in [1.29, 1.82) is 0 Å². The average molecular weight is 293 g/mol. The van der Waals surface area contributed by atoms with Crippen LogP contribution in [0.1, 0.15) is 28.9 Å². The van der Waals surface area contributed by atoms with E-state index in [0.29, 0.717) is 22.0 Å². The summed E-state index contributed by atoms with van der Waals surface area (Å²) in [7, 11) is 0. The van der Waals surface area contributed by atoms with Crippen LogP contribution in [0.15, 0.2) is 18.2 Å². The van der Waals surface area contributed by atoms with Crippen LogP contribution in [-0.2, 0) is 0 Å². The van der Waals surface area contributed by atoms with Gasteiger partial charge in [-0.15, -0.1) is 0 Å². The molecule has 5 nitrogen and oxygen atoms in total. The van der Waals surface area contributed by atoms with Gasteiger partial charge in [0.1, 0.15) is 11.4 Å². The van der Waals surface area contributed by atoms with E-state index < -0.39 is 5.97 Å². The van der Waals surface area contributed by atoms with E-state index in [1.165, 1.54) is 6.07 Å². The summed E-state index contributed by atoms with van der Waals surface area (Å²) in [5, 5.41) is 16.0. The number of rotatable bonds is 4. The summed E-state index contributed by atoms with van der Waals surface area (Å²) < 4.78 is 5.83. The maximum Gasteiger partial charge on any atom is 0.353 e. The molecule has 0 bridgehead atoms. The van der Waals surface area contributed by atoms with E-state index in [2.05, 4.69) is 10.2 Å². The standard InChI is InChI=1S/C14H13ClN2O3/c1-7-4-9(11-6-12(14(18)19)17-16-11)13(10(15)5-7)20-8-2-3-8/h4-6,8H,2-3H2,1H3,(H,16,17)(H,18,19). The van der Waals surface area contributed by atoms with Crippen molar-refractivity contribution < 1.29 is 14.6 Å². The van der Waals surface area contributed by atoms with E-state index in [0.717, 1.165) is 18.4 Å². The fraction of sp³-hybridized carbons (Fsp3) is 0.286. The molecule has 1 saturated carbocycles. The SMILES string of the molecule is Cc1cc(Cl)c(OC2CC2)c(-c2cc(C(=O)O)[nH]n2)c1. The van der Waals surface area contributed by atoms with Crippen molar-refractivity contribution in [3.8, 4) is 17.0 Å². The first-order valence-corrected chi connectivity index (χ1v) is 6.68. The smallest absolute Gasteiger partial charge is 0.353 e. The minimum absolute atomic E-state index is 0.0370. The number of carboxylic acid groups (broad SMARTS) is 1. The molecule has 1 aromatic heterocycles. The minimum atomic E-state index is -1.05. The van der Waals surface area contributed by atoms with Crippen LogP contribution < -0.4 is 4.74 Å². The number of halogens is 1. The van der Waals surface area contributed by atoms with Gasteiger partial charge in [-0.1, -0.05) is 11.6 Å². The van der Waals surface area contributed by atoms with Gasteiger partial charge < -0.3 is 9.84 Å². The molecule has 3 rings (SSSR count). The van der Waals surface area contributed by atoms with E-state index in [1.54, 1.807) is 0 Å². The number of carbonyl (C=O) groups is 1. The van der Waals surface area contributed by atoms with Crippen LogP contribution in [0.4, 0.5) is 0 Å². The minimum Gasteiger partial charge on any atom is -0.488 e. The van der Waals surface area contributed by atoms with Gasteiger partial charge in [0.05, 0.1) is 16.8 Å². The van der Waals surface area contributed by atoms with Gasteiger partial charge in [0, 0.05) is 5.56 Å². The highest BCUT2D eigenvalue weighted by Crippen LogP contribution is 2.40. The summed E-state index contributed by atoms with van der Waals surface area (Å²) in [5.74, 6) is -0.477. The molecule has 0 amide bonds. The number of carboxylic acids is 1. The van der Waals surface area contributed by atoms with E-state index >= 15 is 0 Å². The first-order chi connectivity index (χ1) is 9.54. The third-order valence-electron chi connectivity index (χ3n) is 3.08. The average Bonchev–Trinajstić information content (AvgIpc) is 3.05. The Kier molecular flexibility index (Phi) is 3.14. The normalized spacial score (nSPS) is 14.3. The predicted molar refractivity (Wildman–Crippen MR) is 74.4 cm³/mol. The number of nitrogens with zero attached hydrogens (tertiary/aromatic N) is 1. The fourth-order valence-corrected chi connectivity index (χ4v) is 2.28. The number of hydrogen-bond acceptors (Lipinski definition) is 3. The highest BCUT2D eigenvalue weighted by molar-refractivity contribution is 6.32. The van der Waals surface area contributed by atoms with Gasteiger partial charge in [0.25, 0.3) is 0 Å². The largest absolute Gasteiger partial charge is 0.488 e. The number of aromatic nitrogens is 2. The van der Waals surface area contributed by atoms with Crippen molar-refractivity contribution in [3.63, 3.8) is 0 Å². The van der Waals surface area contributed by atoms with E-state index in [1.807, 2.05) is 19.1 Å². The summed E-state index contributed by atoms with van der Waals surface area (Å²) in [6.07, 6.45) is 2.24. The molecule has 0 saturated heterocycles. The quantitative estimate of drug-likeness (QED) is 0.907. The van der Waals surface area contributed by atoms with Crippen LogP contribution in [-0.4, -0.2) is 27.4 Å². The van der Waals surface area contributed by atoms with Gasteiger partial charge >= 0.3 is 5.97 Å². The lowest BCUT2D eigenvalue weighted by Crippen LogP contribution is -1.99. The molecular weight excluding hydrogens is 280 g/mol. The zero-order chi connectivity index (χ0) is 14.3. The number of nitrogens with one attached hydrogen (secondary N) is 1. The molecule has 104 valence electrons. The first-order valence-electron chi connectivity index (χ1n) is 6.30. The molecule has 6 heteroatoms. The van der Waals surface area contributed by atoms with Crippen molar-refractivity contribution >= 4 is 17.6 Å². The lowest BCUT2D eigenvalue weighted by atomic mass is 10.1. The number of ether oxygens (including phenoxy) is 1. The molecule has 0 radical (unpaired) electrons. The lowest BCUT2D eigenvalue weighted by Gasteiger charge is -2.12. The first kappa shape index (κ1) is 13.0. The van der Waals surface area contributed by atoms with Crippen LogP contribution in [0, 0.1) is 6.92 Å². The molecule has 2 aromatic rings. The topological polar surface area (TPSA) is 75.2 Å². The molecule has 0 atom stereocenters.